The van der Waals surface area contributed by atoms with Crippen LogP contribution in [-0.2, 0) is 9.53 Å². The number of nitrogens with one attached hydrogen (secondary N) is 1. The molecule has 0 amide bonds. The van der Waals surface area contributed by atoms with Gasteiger partial charge in [-0.25, -0.2) is 4.79 Å². The molecule has 0 saturated carbocycles. The lowest BCUT2D eigenvalue weighted by Crippen LogP contribution is -2.34. The Bertz CT molecular complexity index is 325. The maximum atomic E-state index is 11.4. The first-order chi connectivity index (χ1) is 7.06. The molecule has 0 radical (unpaired) electrons. The van der Waals surface area contributed by atoms with Crippen LogP contribution in [0.3, 0.4) is 0 Å². The predicted molar refractivity (Wildman–Crippen MR) is 59.4 cm³/mol. The average Bonchev–Trinajstić information content (AvgIpc) is 2.49. The Balaban J connectivity index is 2.66. The molecule has 0 aliphatic heterocycles. The summed E-state index contributed by atoms with van der Waals surface area (Å²) in [7, 11) is 0. The third kappa shape index (κ3) is 2.75. The van der Waals surface area contributed by atoms with E-state index >= 15 is 0 Å². The molecule has 1 heterocycles. The summed E-state index contributed by atoms with van der Waals surface area (Å²) in [5, 5.41) is 0. The lowest BCUT2D eigenvalue weighted by Gasteiger charge is -2.17. The van der Waals surface area contributed by atoms with E-state index in [0.717, 1.165) is 11.4 Å². The number of carbonyl (C=O) groups is 1. The quantitative estimate of drug-likeness (QED) is 0.768. The molecule has 0 saturated heterocycles. The number of aryl methyl sites for hydroxylation is 2. The van der Waals surface area contributed by atoms with Crippen LogP contribution in [0.1, 0.15) is 25.2 Å². The normalized spacial score (nSPS) is 12.3. The van der Waals surface area contributed by atoms with Crippen molar-refractivity contribution in [1.82, 2.24) is 4.68 Å². The third-order valence-corrected chi connectivity index (χ3v) is 2.23. The van der Waals surface area contributed by atoms with E-state index < -0.39 is 0 Å². The van der Waals surface area contributed by atoms with E-state index in [2.05, 4.69) is 5.43 Å². The van der Waals surface area contributed by atoms with Crippen LogP contribution in [0.25, 0.3) is 0 Å². The molecule has 15 heavy (non-hydrogen) atoms. The van der Waals surface area contributed by atoms with E-state index in [9.17, 15) is 4.79 Å². The van der Waals surface area contributed by atoms with Gasteiger partial charge in [-0.3, -0.25) is 4.68 Å². The average molecular weight is 210 g/mol. The third-order valence-electron chi connectivity index (χ3n) is 2.23. The zero-order valence-corrected chi connectivity index (χ0v) is 9.70. The zero-order chi connectivity index (χ0) is 11.4. The fraction of sp³-hybridized carbons (Fsp3) is 0.545. The molecule has 1 rings (SSSR count). The van der Waals surface area contributed by atoms with Crippen molar-refractivity contribution in [2.75, 3.05) is 12.0 Å². The number of ether oxygens (including phenoxy) is 1. The van der Waals surface area contributed by atoms with Gasteiger partial charge in [-0.15, -0.1) is 0 Å². The number of esters is 1. The maximum absolute atomic E-state index is 11.4. The van der Waals surface area contributed by atoms with Crippen LogP contribution in [0.2, 0.25) is 0 Å². The molecule has 1 N–H and O–H groups in total. The van der Waals surface area contributed by atoms with E-state index in [-0.39, 0.29) is 12.0 Å². The summed E-state index contributed by atoms with van der Waals surface area (Å²) in [5.74, 6) is -0.231. The Morgan fingerprint density at radius 1 is 1.47 bits per heavy atom. The van der Waals surface area contributed by atoms with Crippen molar-refractivity contribution in [1.29, 1.82) is 0 Å². The summed E-state index contributed by atoms with van der Waals surface area (Å²) in [6.07, 6.45) is 0. The van der Waals surface area contributed by atoms with Crippen molar-refractivity contribution in [2.45, 2.75) is 33.7 Å². The molecule has 1 aromatic rings. The van der Waals surface area contributed by atoms with Gasteiger partial charge in [0.2, 0.25) is 0 Å². The standard InChI is InChI=1S/C11H18N2O2/c1-5-15-11(14)10(4)12-13-8(2)6-7-9(13)3/h6-7,10,12H,5H2,1-4H3. The summed E-state index contributed by atoms with van der Waals surface area (Å²) in [5.41, 5.74) is 5.23. The molecular weight excluding hydrogens is 192 g/mol. The Morgan fingerprint density at radius 2 is 2.00 bits per heavy atom. The van der Waals surface area contributed by atoms with Crippen molar-refractivity contribution in [3.05, 3.63) is 23.5 Å². The molecule has 0 aliphatic carbocycles. The highest BCUT2D eigenvalue weighted by Gasteiger charge is 2.14. The number of aromatic nitrogens is 1. The van der Waals surface area contributed by atoms with Gasteiger partial charge in [0.05, 0.1) is 6.61 Å². The number of nitrogens with zero attached hydrogens (tertiary/aromatic N) is 1. The SMILES string of the molecule is CCOC(=O)C(C)Nn1c(C)ccc1C. The smallest absolute Gasteiger partial charge is 0.329 e. The zero-order valence-electron chi connectivity index (χ0n) is 9.70. The highest BCUT2D eigenvalue weighted by atomic mass is 16.5. The summed E-state index contributed by atoms with van der Waals surface area (Å²) in [6, 6.07) is 3.66. The second-order valence-corrected chi connectivity index (χ2v) is 3.55. The largest absolute Gasteiger partial charge is 0.464 e. The minimum Gasteiger partial charge on any atom is -0.464 e. The van der Waals surface area contributed by atoms with Crippen LogP contribution in [0.5, 0.6) is 0 Å². The topological polar surface area (TPSA) is 43.3 Å². The van der Waals surface area contributed by atoms with Gasteiger partial charge >= 0.3 is 5.97 Å². The highest BCUT2D eigenvalue weighted by Crippen LogP contribution is 2.05. The predicted octanol–water partition coefficient (Wildman–Crippen LogP) is 1.60. The van der Waals surface area contributed by atoms with Crippen molar-refractivity contribution in [2.24, 2.45) is 0 Å². The Hall–Kier alpha value is -1.45. The molecule has 1 aromatic heterocycles. The highest BCUT2D eigenvalue weighted by molar-refractivity contribution is 5.76. The Labute approximate surface area is 90.2 Å². The summed E-state index contributed by atoms with van der Waals surface area (Å²) < 4.78 is 6.81. The van der Waals surface area contributed by atoms with Crippen LogP contribution in [0.4, 0.5) is 0 Å². The Morgan fingerprint density at radius 3 is 2.47 bits per heavy atom. The molecule has 4 heteroatoms. The second-order valence-electron chi connectivity index (χ2n) is 3.55. The lowest BCUT2D eigenvalue weighted by molar-refractivity contribution is -0.143. The fourth-order valence-corrected chi connectivity index (χ4v) is 1.39. The summed E-state index contributed by atoms with van der Waals surface area (Å²) in [6.45, 7) is 7.97. The molecule has 0 spiro atoms. The van der Waals surface area contributed by atoms with Gasteiger partial charge in [0.1, 0.15) is 6.04 Å². The first-order valence-electron chi connectivity index (χ1n) is 5.14. The van der Waals surface area contributed by atoms with Gasteiger partial charge in [-0.1, -0.05) is 0 Å². The van der Waals surface area contributed by atoms with Gasteiger partial charge in [-0.05, 0) is 39.8 Å². The number of hydrogen-bond donors (Lipinski definition) is 1. The number of rotatable bonds is 4. The van der Waals surface area contributed by atoms with Gasteiger partial charge in [-0.2, -0.15) is 0 Å². The van der Waals surface area contributed by atoms with Crippen LogP contribution in [0, 0.1) is 13.8 Å². The van der Waals surface area contributed by atoms with Gasteiger partial charge in [0.15, 0.2) is 0 Å². The molecule has 0 fully saturated rings. The fourth-order valence-electron chi connectivity index (χ4n) is 1.39. The molecule has 0 aromatic carbocycles. The van der Waals surface area contributed by atoms with E-state index in [1.54, 1.807) is 13.8 Å². The van der Waals surface area contributed by atoms with Crippen LogP contribution >= 0.6 is 0 Å². The van der Waals surface area contributed by atoms with E-state index in [4.69, 9.17) is 4.74 Å². The molecule has 0 aliphatic rings. The molecule has 1 atom stereocenters. The molecule has 0 bridgehead atoms. The maximum Gasteiger partial charge on any atom is 0.329 e. The van der Waals surface area contributed by atoms with E-state index in [1.165, 1.54) is 0 Å². The van der Waals surface area contributed by atoms with Crippen molar-refractivity contribution < 1.29 is 9.53 Å². The summed E-state index contributed by atoms with van der Waals surface area (Å²) in [4.78, 5) is 11.4. The first kappa shape index (κ1) is 11.6. The minimum atomic E-state index is -0.338. The molecule has 1 unspecified atom stereocenters. The number of hydrogen-bond acceptors (Lipinski definition) is 3. The van der Waals surface area contributed by atoms with Gasteiger partial charge in [0.25, 0.3) is 0 Å². The second kappa shape index (κ2) is 4.87. The Kier molecular flexibility index (Phi) is 3.77. The van der Waals surface area contributed by atoms with Crippen molar-refractivity contribution in [3.63, 3.8) is 0 Å². The monoisotopic (exact) mass is 210 g/mol. The first-order valence-corrected chi connectivity index (χ1v) is 5.14. The van der Waals surface area contributed by atoms with Crippen LogP contribution in [-0.4, -0.2) is 23.3 Å². The van der Waals surface area contributed by atoms with Gasteiger partial charge < -0.3 is 10.2 Å². The molecule has 84 valence electrons. The lowest BCUT2D eigenvalue weighted by atomic mass is 10.4. The number of carbonyl (C=O) groups excluding carboxylic acids is 1. The molecular formula is C11H18N2O2. The van der Waals surface area contributed by atoms with E-state index in [1.807, 2.05) is 30.7 Å². The van der Waals surface area contributed by atoms with Crippen LogP contribution in [0.15, 0.2) is 12.1 Å². The minimum absolute atomic E-state index is 0.231. The molecule has 4 nitrogen and oxygen atoms in total. The summed E-state index contributed by atoms with van der Waals surface area (Å²) >= 11 is 0. The van der Waals surface area contributed by atoms with Crippen molar-refractivity contribution >= 4 is 5.97 Å². The van der Waals surface area contributed by atoms with Crippen LogP contribution < -0.4 is 5.43 Å². The van der Waals surface area contributed by atoms with E-state index in [0.29, 0.717) is 6.61 Å². The van der Waals surface area contributed by atoms with Crippen molar-refractivity contribution in [3.8, 4) is 0 Å². The van der Waals surface area contributed by atoms with Gasteiger partial charge in [0, 0.05) is 11.4 Å².